The number of fused-ring (bicyclic) bond motifs is 1. The van der Waals surface area contributed by atoms with Crippen LogP contribution in [-0.2, 0) is 11.2 Å². The van der Waals surface area contributed by atoms with E-state index in [1.165, 1.54) is 0 Å². The third kappa shape index (κ3) is 1.52. The number of methoxy groups -OCH3 is 1. The summed E-state index contributed by atoms with van der Waals surface area (Å²) in [5.41, 5.74) is -1.21. The van der Waals surface area contributed by atoms with Crippen molar-refractivity contribution < 1.29 is 34.8 Å². The number of hydrogen-bond donors (Lipinski definition) is 4. The molecule has 0 atom stereocenters. The number of ketones is 2. The molecule has 0 fully saturated rings. The van der Waals surface area contributed by atoms with Gasteiger partial charge in [0.15, 0.2) is 11.5 Å². The Labute approximate surface area is 113 Å². The molecular formula is C13H12O7. The Morgan fingerprint density at radius 3 is 1.95 bits per heavy atom. The number of carbonyl (C=O) groups is 2. The van der Waals surface area contributed by atoms with Crippen LogP contribution in [-0.4, -0.2) is 39.1 Å². The highest BCUT2D eigenvalue weighted by molar-refractivity contribution is 6.27. The maximum absolute atomic E-state index is 12.1. The van der Waals surface area contributed by atoms with E-state index < -0.39 is 51.5 Å². The van der Waals surface area contributed by atoms with Gasteiger partial charge in [-0.2, -0.15) is 0 Å². The predicted molar refractivity (Wildman–Crippen MR) is 66.1 cm³/mol. The van der Waals surface area contributed by atoms with Crippen molar-refractivity contribution in [3.63, 3.8) is 0 Å². The molecule has 0 saturated heterocycles. The molecule has 0 heterocycles. The van der Waals surface area contributed by atoms with Gasteiger partial charge in [-0.05, 0) is 6.42 Å². The second kappa shape index (κ2) is 4.44. The normalized spacial score (nSPS) is 14.5. The Bertz CT molecular complexity index is 670. The van der Waals surface area contributed by atoms with E-state index in [0.717, 1.165) is 7.11 Å². The fourth-order valence-corrected chi connectivity index (χ4v) is 2.17. The lowest BCUT2D eigenvalue weighted by Crippen LogP contribution is -2.23. The number of benzene rings is 1. The van der Waals surface area contributed by atoms with Gasteiger partial charge in [-0.25, -0.2) is 0 Å². The number of rotatable bonds is 2. The number of Topliss-reactive ketones (excluding diaryl/α,β-unsaturated/α-hetero) is 2. The standard InChI is InChI=1S/C13H12O7/c1-3-4-7(14)5-6(9(16)8(4)15)11(18)13(20-2)12(19)10(5)17/h14-16,19H,3H2,1-2H3. The summed E-state index contributed by atoms with van der Waals surface area (Å²) >= 11 is 0. The maximum atomic E-state index is 12.1. The van der Waals surface area contributed by atoms with E-state index in [4.69, 9.17) is 0 Å². The number of aliphatic hydroxyl groups is 1. The van der Waals surface area contributed by atoms with Crippen LogP contribution in [0.25, 0.3) is 0 Å². The molecule has 0 saturated carbocycles. The summed E-state index contributed by atoms with van der Waals surface area (Å²) < 4.78 is 4.62. The van der Waals surface area contributed by atoms with Gasteiger partial charge in [-0.15, -0.1) is 0 Å². The fourth-order valence-electron chi connectivity index (χ4n) is 2.17. The average molecular weight is 280 g/mol. The average Bonchev–Trinajstić information content (AvgIpc) is 2.41. The van der Waals surface area contributed by atoms with E-state index in [1.807, 2.05) is 0 Å². The van der Waals surface area contributed by atoms with Crippen molar-refractivity contribution in [2.75, 3.05) is 7.11 Å². The first-order chi connectivity index (χ1) is 9.36. The molecule has 1 aliphatic rings. The number of phenols is 3. The molecule has 0 unspecified atom stereocenters. The van der Waals surface area contributed by atoms with Crippen molar-refractivity contribution in [1.82, 2.24) is 0 Å². The molecule has 0 spiro atoms. The van der Waals surface area contributed by atoms with Crippen molar-refractivity contribution in [3.8, 4) is 17.2 Å². The Morgan fingerprint density at radius 1 is 0.900 bits per heavy atom. The molecule has 4 N–H and O–H groups in total. The molecule has 1 aromatic rings. The molecule has 20 heavy (non-hydrogen) atoms. The van der Waals surface area contributed by atoms with Crippen molar-refractivity contribution in [3.05, 3.63) is 28.2 Å². The number of phenolic OH excluding ortho intramolecular Hbond substituents is 3. The second-order valence-corrected chi connectivity index (χ2v) is 4.17. The first-order valence-corrected chi connectivity index (χ1v) is 5.73. The van der Waals surface area contributed by atoms with Gasteiger partial charge in [0.05, 0.1) is 18.2 Å². The van der Waals surface area contributed by atoms with Gasteiger partial charge in [0.1, 0.15) is 5.75 Å². The van der Waals surface area contributed by atoms with Gasteiger partial charge < -0.3 is 25.2 Å². The Hall–Kier alpha value is -2.70. The minimum absolute atomic E-state index is 0.0870. The van der Waals surface area contributed by atoms with Gasteiger partial charge in [-0.3, -0.25) is 9.59 Å². The van der Waals surface area contributed by atoms with Crippen molar-refractivity contribution in [1.29, 1.82) is 0 Å². The highest BCUT2D eigenvalue weighted by Gasteiger charge is 2.40. The summed E-state index contributed by atoms with van der Waals surface area (Å²) in [5, 5.41) is 39.3. The summed E-state index contributed by atoms with van der Waals surface area (Å²) in [7, 11) is 1.07. The topological polar surface area (TPSA) is 124 Å². The third-order valence-electron chi connectivity index (χ3n) is 3.17. The molecular weight excluding hydrogens is 268 g/mol. The van der Waals surface area contributed by atoms with E-state index in [1.54, 1.807) is 6.92 Å². The summed E-state index contributed by atoms with van der Waals surface area (Å²) in [6.07, 6.45) is 0.113. The Kier molecular flexibility index (Phi) is 3.05. The van der Waals surface area contributed by atoms with Crippen LogP contribution in [0.5, 0.6) is 17.2 Å². The lowest BCUT2D eigenvalue weighted by molar-refractivity contribution is 0.0849. The van der Waals surface area contributed by atoms with Crippen molar-refractivity contribution >= 4 is 11.6 Å². The van der Waals surface area contributed by atoms with Gasteiger partial charge in [-0.1, -0.05) is 6.92 Å². The smallest absolute Gasteiger partial charge is 0.236 e. The number of aliphatic hydroxyl groups excluding tert-OH is 1. The lowest BCUT2D eigenvalue weighted by Gasteiger charge is -2.21. The fraction of sp³-hybridized carbons (Fsp3) is 0.231. The molecule has 1 aliphatic carbocycles. The lowest BCUT2D eigenvalue weighted by atomic mass is 9.87. The maximum Gasteiger partial charge on any atom is 0.236 e. The quantitative estimate of drug-likeness (QED) is 0.473. The van der Waals surface area contributed by atoms with E-state index >= 15 is 0 Å². The van der Waals surface area contributed by atoms with Crippen LogP contribution in [0.1, 0.15) is 33.2 Å². The van der Waals surface area contributed by atoms with Crippen LogP contribution in [0, 0.1) is 0 Å². The number of aromatic hydroxyl groups is 3. The molecule has 0 aliphatic heterocycles. The summed E-state index contributed by atoms with van der Waals surface area (Å²) in [6.45, 7) is 1.58. The van der Waals surface area contributed by atoms with E-state index in [2.05, 4.69) is 4.74 Å². The first kappa shape index (κ1) is 13.7. The largest absolute Gasteiger partial charge is 0.507 e. The van der Waals surface area contributed by atoms with Crippen LogP contribution < -0.4 is 0 Å². The van der Waals surface area contributed by atoms with E-state index in [9.17, 15) is 30.0 Å². The summed E-state index contributed by atoms with van der Waals surface area (Å²) in [5.74, 6) is -5.80. The third-order valence-corrected chi connectivity index (χ3v) is 3.17. The predicted octanol–water partition coefficient (Wildman–Crippen LogP) is 1.16. The molecule has 106 valence electrons. The van der Waals surface area contributed by atoms with E-state index in [-0.39, 0.29) is 12.0 Å². The zero-order valence-electron chi connectivity index (χ0n) is 10.7. The van der Waals surface area contributed by atoms with E-state index in [0.29, 0.717) is 0 Å². The zero-order chi connectivity index (χ0) is 15.2. The van der Waals surface area contributed by atoms with Gasteiger partial charge in [0.25, 0.3) is 0 Å². The molecule has 0 bridgehead atoms. The number of allylic oxidation sites excluding steroid dienone is 2. The van der Waals surface area contributed by atoms with Crippen LogP contribution in [0.15, 0.2) is 11.5 Å². The molecule has 1 aromatic carbocycles. The molecule has 0 aromatic heterocycles. The number of ether oxygens (including phenoxy) is 1. The van der Waals surface area contributed by atoms with Crippen molar-refractivity contribution in [2.45, 2.75) is 13.3 Å². The summed E-state index contributed by atoms with van der Waals surface area (Å²) in [4.78, 5) is 24.0. The SMILES string of the molecule is CCc1c(O)c(O)c2c(c1O)C(=O)C(O)=C(OC)C2=O. The number of hydrogen-bond acceptors (Lipinski definition) is 7. The van der Waals surface area contributed by atoms with Gasteiger partial charge in [0.2, 0.25) is 23.1 Å². The molecule has 0 radical (unpaired) electrons. The minimum atomic E-state index is -1.06. The summed E-state index contributed by atoms with van der Waals surface area (Å²) in [6, 6.07) is 0. The van der Waals surface area contributed by atoms with Crippen LogP contribution in [0.3, 0.4) is 0 Å². The van der Waals surface area contributed by atoms with Crippen molar-refractivity contribution in [2.24, 2.45) is 0 Å². The Balaban J connectivity index is 2.91. The monoisotopic (exact) mass is 280 g/mol. The van der Waals surface area contributed by atoms with Crippen LogP contribution in [0.4, 0.5) is 0 Å². The minimum Gasteiger partial charge on any atom is -0.507 e. The molecule has 2 rings (SSSR count). The van der Waals surface area contributed by atoms with Gasteiger partial charge >= 0.3 is 0 Å². The van der Waals surface area contributed by atoms with Gasteiger partial charge in [0, 0.05) is 5.56 Å². The molecule has 7 nitrogen and oxygen atoms in total. The second-order valence-electron chi connectivity index (χ2n) is 4.17. The van der Waals surface area contributed by atoms with Crippen LogP contribution >= 0.6 is 0 Å². The zero-order valence-corrected chi connectivity index (χ0v) is 10.7. The Morgan fingerprint density at radius 2 is 1.45 bits per heavy atom. The highest BCUT2D eigenvalue weighted by atomic mass is 16.5. The van der Waals surface area contributed by atoms with Crippen LogP contribution in [0.2, 0.25) is 0 Å². The molecule has 0 amide bonds. The highest BCUT2D eigenvalue weighted by Crippen LogP contribution is 2.46. The first-order valence-electron chi connectivity index (χ1n) is 5.73. The molecule has 7 heteroatoms. The number of carbonyl (C=O) groups excluding carboxylic acids is 2.